The predicted octanol–water partition coefficient (Wildman–Crippen LogP) is 0.731. The fourth-order valence-electron chi connectivity index (χ4n) is 2.04. The molecule has 0 aliphatic heterocycles. The zero-order valence-electron chi connectivity index (χ0n) is 14.6. The second kappa shape index (κ2) is 9.43. The molecule has 0 spiro atoms. The van der Waals surface area contributed by atoms with Crippen LogP contribution in [0.1, 0.15) is 26.3 Å². The molecule has 5 N–H and O–H groups in total. The quantitative estimate of drug-likeness (QED) is 0.478. The van der Waals surface area contributed by atoms with E-state index in [0.717, 1.165) is 5.56 Å². The molecule has 0 aliphatic rings. The third-order valence-corrected chi connectivity index (χ3v) is 4.98. The van der Waals surface area contributed by atoms with Crippen molar-refractivity contribution in [2.24, 2.45) is 5.73 Å². The van der Waals surface area contributed by atoms with E-state index in [1.165, 1.54) is 18.7 Å². The Hall–Kier alpha value is -2.06. The van der Waals surface area contributed by atoms with E-state index >= 15 is 0 Å². The first-order valence-electron chi connectivity index (χ1n) is 7.84. The average Bonchev–Trinajstić information content (AvgIpc) is 2.53. The molecule has 0 aromatic heterocycles. The van der Waals surface area contributed by atoms with Crippen LogP contribution in [0.3, 0.4) is 0 Å². The Kier molecular flexibility index (Phi) is 7.92. The lowest BCUT2D eigenvalue weighted by atomic mass is 10.0. The summed E-state index contributed by atoms with van der Waals surface area (Å²) in [4.78, 5) is 34.8. The summed E-state index contributed by atoms with van der Waals surface area (Å²) in [5.41, 5.74) is 6.82. The van der Waals surface area contributed by atoms with Crippen molar-refractivity contribution in [3.05, 3.63) is 35.9 Å². The van der Waals surface area contributed by atoms with E-state index in [1.54, 1.807) is 26.0 Å². The smallest absolute Gasteiger partial charge is 0.326 e. The molecule has 0 fully saturated rings. The highest BCUT2D eigenvalue weighted by Gasteiger charge is 2.34. The molecule has 1 aromatic rings. The number of rotatable bonds is 9. The lowest BCUT2D eigenvalue weighted by molar-refractivity contribution is -0.142. The van der Waals surface area contributed by atoms with Crippen LogP contribution in [0, 0.1) is 0 Å². The normalized spacial score (nSPS) is 13.6. The van der Waals surface area contributed by atoms with E-state index in [0.29, 0.717) is 5.88 Å². The number of aliphatic carboxylic acids is 1. The predicted molar refractivity (Wildman–Crippen MR) is 98.0 cm³/mol. The number of carbonyl (C=O) groups is 3. The monoisotopic (exact) mass is 367 g/mol. The van der Waals surface area contributed by atoms with Crippen molar-refractivity contribution in [1.29, 1.82) is 0 Å². The van der Waals surface area contributed by atoms with Crippen molar-refractivity contribution in [1.82, 2.24) is 10.6 Å². The van der Waals surface area contributed by atoms with Crippen molar-refractivity contribution in [2.45, 2.75) is 44.0 Å². The molecule has 25 heavy (non-hydrogen) atoms. The number of nitrogens with two attached hydrogens (primary N) is 1. The van der Waals surface area contributed by atoms with Gasteiger partial charge in [0.25, 0.3) is 0 Å². The van der Waals surface area contributed by atoms with Gasteiger partial charge in [0.15, 0.2) is 0 Å². The molecule has 0 heterocycles. The van der Waals surface area contributed by atoms with Crippen LogP contribution in [-0.4, -0.2) is 45.6 Å². The molecule has 138 valence electrons. The van der Waals surface area contributed by atoms with Gasteiger partial charge in [0, 0.05) is 18.1 Å². The zero-order chi connectivity index (χ0) is 19.0. The molecule has 2 amide bonds. The minimum atomic E-state index is -1.12. The Morgan fingerprint density at radius 3 is 2.36 bits per heavy atom. The van der Waals surface area contributed by atoms with Crippen LogP contribution in [0.5, 0.6) is 0 Å². The summed E-state index contributed by atoms with van der Waals surface area (Å²) >= 11 is 1.32. The first-order valence-corrected chi connectivity index (χ1v) is 8.83. The standard InChI is InChI=1S/C17H25N3O4S/c1-11(21)19-10-25-17(2,3)14(18)15(22)20-13(16(23)24)9-12-7-5-4-6-8-12/h4-8,13-14H,9-10,18H2,1-3H3,(H,19,21)(H,20,22)(H,23,24)/t13-,14+/m0/s1. The first kappa shape index (κ1) is 21.0. The Bertz CT molecular complexity index is 607. The molecule has 0 saturated carbocycles. The van der Waals surface area contributed by atoms with Gasteiger partial charge >= 0.3 is 5.97 Å². The van der Waals surface area contributed by atoms with Crippen LogP contribution in [0.15, 0.2) is 30.3 Å². The van der Waals surface area contributed by atoms with Gasteiger partial charge in [-0.3, -0.25) is 9.59 Å². The topological polar surface area (TPSA) is 122 Å². The highest BCUT2D eigenvalue weighted by atomic mass is 32.2. The maximum atomic E-state index is 12.4. The van der Waals surface area contributed by atoms with E-state index < -0.39 is 28.7 Å². The van der Waals surface area contributed by atoms with Crippen molar-refractivity contribution in [3.63, 3.8) is 0 Å². The van der Waals surface area contributed by atoms with Gasteiger partial charge in [-0.15, -0.1) is 11.8 Å². The van der Waals surface area contributed by atoms with Crippen LogP contribution in [0.2, 0.25) is 0 Å². The third kappa shape index (κ3) is 7.15. The van der Waals surface area contributed by atoms with Crippen LogP contribution in [0.25, 0.3) is 0 Å². The number of benzene rings is 1. The van der Waals surface area contributed by atoms with Gasteiger partial charge in [0.05, 0.1) is 11.9 Å². The number of carbonyl (C=O) groups excluding carboxylic acids is 2. The number of hydrogen-bond donors (Lipinski definition) is 4. The number of amides is 2. The largest absolute Gasteiger partial charge is 0.480 e. The van der Waals surface area contributed by atoms with Crippen LogP contribution in [0.4, 0.5) is 0 Å². The van der Waals surface area contributed by atoms with E-state index in [9.17, 15) is 19.5 Å². The van der Waals surface area contributed by atoms with Crippen LogP contribution >= 0.6 is 11.8 Å². The Morgan fingerprint density at radius 1 is 1.24 bits per heavy atom. The van der Waals surface area contributed by atoms with Crippen molar-refractivity contribution >= 4 is 29.5 Å². The van der Waals surface area contributed by atoms with E-state index in [1.807, 2.05) is 18.2 Å². The van der Waals surface area contributed by atoms with Gasteiger partial charge in [-0.2, -0.15) is 0 Å². The molecule has 7 nitrogen and oxygen atoms in total. The molecular formula is C17H25N3O4S. The summed E-state index contributed by atoms with van der Waals surface area (Å²) in [5, 5.41) is 14.5. The van der Waals surface area contributed by atoms with E-state index in [4.69, 9.17) is 5.73 Å². The molecule has 0 aliphatic carbocycles. The molecule has 2 atom stereocenters. The molecule has 8 heteroatoms. The fourth-order valence-corrected chi connectivity index (χ4v) is 2.97. The number of carboxylic acid groups (broad SMARTS) is 1. The zero-order valence-corrected chi connectivity index (χ0v) is 15.4. The van der Waals surface area contributed by atoms with E-state index in [-0.39, 0.29) is 12.3 Å². The number of nitrogens with one attached hydrogen (secondary N) is 2. The highest BCUT2D eigenvalue weighted by molar-refractivity contribution is 8.00. The van der Waals surface area contributed by atoms with Crippen LogP contribution < -0.4 is 16.4 Å². The number of hydrogen-bond acceptors (Lipinski definition) is 5. The minimum absolute atomic E-state index is 0.171. The summed E-state index contributed by atoms with van der Waals surface area (Å²) in [7, 11) is 0. The summed E-state index contributed by atoms with van der Waals surface area (Å²) in [6.07, 6.45) is 0.175. The molecule has 0 unspecified atom stereocenters. The van der Waals surface area contributed by atoms with Crippen molar-refractivity contribution in [3.8, 4) is 0 Å². The second-order valence-corrected chi connectivity index (χ2v) is 7.82. The van der Waals surface area contributed by atoms with Gasteiger partial charge in [0.2, 0.25) is 11.8 Å². The molecular weight excluding hydrogens is 342 g/mol. The highest BCUT2D eigenvalue weighted by Crippen LogP contribution is 2.26. The first-order chi connectivity index (χ1) is 11.6. The van der Waals surface area contributed by atoms with Crippen LogP contribution in [-0.2, 0) is 20.8 Å². The minimum Gasteiger partial charge on any atom is -0.480 e. The Balaban J connectivity index is 2.68. The van der Waals surface area contributed by atoms with Gasteiger partial charge in [-0.1, -0.05) is 30.3 Å². The lowest BCUT2D eigenvalue weighted by Gasteiger charge is -2.31. The van der Waals surface area contributed by atoms with E-state index in [2.05, 4.69) is 10.6 Å². The van der Waals surface area contributed by atoms with Gasteiger partial charge in [0.1, 0.15) is 6.04 Å². The number of thioether (sulfide) groups is 1. The molecule has 0 radical (unpaired) electrons. The van der Waals surface area contributed by atoms with Crippen molar-refractivity contribution in [2.75, 3.05) is 5.88 Å². The molecule has 1 aromatic carbocycles. The SMILES string of the molecule is CC(=O)NCSC(C)(C)[C@H](N)C(=O)N[C@@H](Cc1ccccc1)C(=O)O. The Labute approximate surface area is 151 Å². The van der Waals surface area contributed by atoms with Crippen molar-refractivity contribution < 1.29 is 19.5 Å². The Morgan fingerprint density at radius 2 is 1.84 bits per heavy atom. The maximum absolute atomic E-state index is 12.4. The summed E-state index contributed by atoms with van der Waals surface area (Å²) in [6, 6.07) is 7.07. The summed E-state index contributed by atoms with van der Waals surface area (Å²) < 4.78 is -0.678. The number of carboxylic acids is 1. The summed E-state index contributed by atoms with van der Waals surface area (Å²) in [5.74, 6) is -1.51. The van der Waals surface area contributed by atoms with Gasteiger partial charge in [-0.25, -0.2) is 4.79 Å². The summed E-state index contributed by atoms with van der Waals surface area (Å²) in [6.45, 7) is 4.95. The van der Waals surface area contributed by atoms with Gasteiger partial charge < -0.3 is 21.5 Å². The molecule has 0 bridgehead atoms. The fraction of sp³-hybridized carbons (Fsp3) is 0.471. The average molecular weight is 367 g/mol. The lowest BCUT2D eigenvalue weighted by Crippen LogP contribution is -2.56. The third-order valence-electron chi connectivity index (χ3n) is 3.69. The maximum Gasteiger partial charge on any atom is 0.326 e. The molecule has 0 saturated heterocycles. The van der Waals surface area contributed by atoms with Gasteiger partial charge in [-0.05, 0) is 19.4 Å². The second-order valence-electron chi connectivity index (χ2n) is 6.19. The molecule has 1 rings (SSSR count).